The van der Waals surface area contributed by atoms with Gasteiger partial charge in [0.15, 0.2) is 11.5 Å². The zero-order chi connectivity index (χ0) is 20.7. The SMILES string of the molecule is COCC(=O)Nc1ccc(NC(=O)c2cc(OC)c(OC)cc2OC)cc1C. The van der Waals surface area contributed by atoms with Crippen LogP contribution in [0.25, 0.3) is 0 Å². The zero-order valence-electron chi connectivity index (χ0n) is 16.5. The first-order chi connectivity index (χ1) is 13.4. The highest BCUT2D eigenvalue weighted by Crippen LogP contribution is 2.35. The largest absolute Gasteiger partial charge is 0.496 e. The fourth-order valence-corrected chi connectivity index (χ4v) is 2.60. The number of carbonyl (C=O) groups excluding carboxylic acids is 2. The maximum Gasteiger partial charge on any atom is 0.259 e. The van der Waals surface area contributed by atoms with Crippen LogP contribution in [0.2, 0.25) is 0 Å². The Morgan fingerprint density at radius 1 is 0.857 bits per heavy atom. The molecule has 0 atom stereocenters. The van der Waals surface area contributed by atoms with E-state index in [1.54, 1.807) is 30.3 Å². The number of aryl methyl sites for hydroxylation is 1. The van der Waals surface area contributed by atoms with E-state index in [1.807, 2.05) is 6.92 Å². The molecular weight excluding hydrogens is 364 g/mol. The number of carbonyl (C=O) groups is 2. The third-order valence-electron chi connectivity index (χ3n) is 3.98. The number of methoxy groups -OCH3 is 4. The molecule has 0 spiro atoms. The van der Waals surface area contributed by atoms with Crippen LogP contribution in [-0.4, -0.2) is 46.9 Å². The summed E-state index contributed by atoms with van der Waals surface area (Å²) in [5.74, 6) is 0.616. The molecule has 0 saturated carbocycles. The molecule has 0 bridgehead atoms. The number of benzene rings is 2. The molecule has 2 aromatic rings. The molecule has 2 rings (SSSR count). The summed E-state index contributed by atoms with van der Waals surface area (Å²) in [5.41, 5.74) is 2.31. The highest BCUT2D eigenvalue weighted by atomic mass is 16.5. The molecule has 0 aliphatic heterocycles. The fourth-order valence-electron chi connectivity index (χ4n) is 2.60. The van der Waals surface area contributed by atoms with E-state index in [1.165, 1.54) is 28.4 Å². The number of nitrogens with one attached hydrogen (secondary N) is 2. The predicted octanol–water partition coefficient (Wildman–Crippen LogP) is 2.86. The molecule has 2 aromatic carbocycles. The number of rotatable bonds is 8. The molecule has 0 aliphatic carbocycles. The molecule has 8 heteroatoms. The Morgan fingerprint density at radius 2 is 1.50 bits per heavy atom. The summed E-state index contributed by atoms with van der Waals surface area (Å²) in [5, 5.41) is 5.56. The summed E-state index contributed by atoms with van der Waals surface area (Å²) >= 11 is 0. The molecule has 150 valence electrons. The second kappa shape index (κ2) is 9.61. The standard InChI is InChI=1S/C20H24N2O6/c1-12-8-13(6-7-15(12)22-19(23)11-25-2)21-20(24)14-9-17(27-4)18(28-5)10-16(14)26-3/h6-10H,11H2,1-5H3,(H,21,24)(H,22,23). The van der Waals surface area contributed by atoms with Crippen LogP contribution in [0.1, 0.15) is 15.9 Å². The Kier molecular flexibility index (Phi) is 7.22. The third-order valence-corrected chi connectivity index (χ3v) is 3.98. The van der Waals surface area contributed by atoms with Crippen molar-refractivity contribution in [2.75, 3.05) is 45.7 Å². The lowest BCUT2D eigenvalue weighted by atomic mass is 10.1. The minimum Gasteiger partial charge on any atom is -0.496 e. The Morgan fingerprint density at radius 3 is 2.07 bits per heavy atom. The predicted molar refractivity (Wildman–Crippen MR) is 106 cm³/mol. The van der Waals surface area contributed by atoms with E-state index in [2.05, 4.69) is 10.6 Å². The minimum absolute atomic E-state index is 0.0307. The number of amides is 2. The Hall–Kier alpha value is -3.26. The first-order valence-corrected chi connectivity index (χ1v) is 8.44. The van der Waals surface area contributed by atoms with Crippen LogP contribution in [0.4, 0.5) is 11.4 Å². The van der Waals surface area contributed by atoms with Crippen molar-refractivity contribution in [3.05, 3.63) is 41.5 Å². The quantitative estimate of drug-likeness (QED) is 0.722. The molecule has 0 unspecified atom stereocenters. The molecule has 0 heterocycles. The lowest BCUT2D eigenvalue weighted by molar-refractivity contribution is -0.119. The van der Waals surface area contributed by atoms with Crippen molar-refractivity contribution < 1.29 is 28.5 Å². The van der Waals surface area contributed by atoms with Gasteiger partial charge in [0.05, 0.1) is 26.9 Å². The van der Waals surface area contributed by atoms with Crippen LogP contribution < -0.4 is 24.8 Å². The lowest BCUT2D eigenvalue weighted by Crippen LogP contribution is -2.18. The van der Waals surface area contributed by atoms with Crippen LogP contribution in [0.5, 0.6) is 17.2 Å². The van der Waals surface area contributed by atoms with Gasteiger partial charge in [-0.1, -0.05) is 0 Å². The lowest BCUT2D eigenvalue weighted by Gasteiger charge is -2.15. The van der Waals surface area contributed by atoms with Gasteiger partial charge in [0, 0.05) is 30.6 Å². The van der Waals surface area contributed by atoms with E-state index in [9.17, 15) is 9.59 Å². The van der Waals surface area contributed by atoms with Gasteiger partial charge in [0.2, 0.25) is 5.91 Å². The third kappa shape index (κ3) is 4.92. The van der Waals surface area contributed by atoms with Crippen LogP contribution in [0.3, 0.4) is 0 Å². The molecule has 0 fully saturated rings. The molecule has 0 aliphatic rings. The van der Waals surface area contributed by atoms with Crippen molar-refractivity contribution in [2.45, 2.75) is 6.92 Å². The molecule has 28 heavy (non-hydrogen) atoms. The smallest absolute Gasteiger partial charge is 0.259 e. The van der Waals surface area contributed by atoms with Gasteiger partial charge in [-0.3, -0.25) is 9.59 Å². The van der Waals surface area contributed by atoms with Gasteiger partial charge >= 0.3 is 0 Å². The average Bonchev–Trinajstić information content (AvgIpc) is 2.69. The molecule has 0 saturated heterocycles. The highest BCUT2D eigenvalue weighted by Gasteiger charge is 2.18. The first-order valence-electron chi connectivity index (χ1n) is 8.44. The second-order valence-corrected chi connectivity index (χ2v) is 5.87. The van der Waals surface area contributed by atoms with Gasteiger partial charge in [-0.05, 0) is 30.7 Å². The van der Waals surface area contributed by atoms with Crippen molar-refractivity contribution in [2.24, 2.45) is 0 Å². The van der Waals surface area contributed by atoms with Crippen molar-refractivity contribution in [3.8, 4) is 17.2 Å². The van der Waals surface area contributed by atoms with Gasteiger partial charge < -0.3 is 29.6 Å². The average molecular weight is 388 g/mol. The zero-order valence-corrected chi connectivity index (χ0v) is 16.5. The summed E-state index contributed by atoms with van der Waals surface area (Å²) in [7, 11) is 5.92. The van der Waals surface area contributed by atoms with Gasteiger partial charge in [-0.2, -0.15) is 0 Å². The molecule has 0 radical (unpaired) electrons. The number of anilines is 2. The summed E-state index contributed by atoms with van der Waals surface area (Å²) < 4.78 is 20.6. The minimum atomic E-state index is -0.367. The van der Waals surface area contributed by atoms with Crippen LogP contribution in [-0.2, 0) is 9.53 Å². The van der Waals surface area contributed by atoms with Crippen LogP contribution in [0.15, 0.2) is 30.3 Å². The molecule has 2 N–H and O–H groups in total. The Balaban J connectivity index is 2.23. The van der Waals surface area contributed by atoms with Gasteiger partial charge in [0.25, 0.3) is 5.91 Å². The topological polar surface area (TPSA) is 95.1 Å². The summed E-state index contributed by atoms with van der Waals surface area (Å²) in [6.07, 6.45) is 0. The summed E-state index contributed by atoms with van der Waals surface area (Å²) in [6.45, 7) is 1.80. The van der Waals surface area contributed by atoms with Crippen molar-refractivity contribution in [1.82, 2.24) is 0 Å². The van der Waals surface area contributed by atoms with E-state index in [0.29, 0.717) is 34.2 Å². The molecular formula is C20H24N2O6. The second-order valence-electron chi connectivity index (χ2n) is 5.87. The maximum atomic E-state index is 12.7. The maximum absolute atomic E-state index is 12.7. The van der Waals surface area contributed by atoms with Gasteiger partial charge in [0.1, 0.15) is 12.4 Å². The van der Waals surface area contributed by atoms with Crippen molar-refractivity contribution in [3.63, 3.8) is 0 Å². The normalized spacial score (nSPS) is 10.2. The van der Waals surface area contributed by atoms with Crippen molar-refractivity contribution in [1.29, 1.82) is 0 Å². The summed E-state index contributed by atoms with van der Waals surface area (Å²) in [6, 6.07) is 8.31. The molecule has 8 nitrogen and oxygen atoms in total. The number of hydrogen-bond donors (Lipinski definition) is 2. The molecule has 2 amide bonds. The number of hydrogen-bond acceptors (Lipinski definition) is 6. The van der Waals surface area contributed by atoms with Crippen LogP contribution >= 0.6 is 0 Å². The Labute approximate surface area is 163 Å². The summed E-state index contributed by atoms with van der Waals surface area (Å²) in [4.78, 5) is 24.4. The van der Waals surface area contributed by atoms with E-state index < -0.39 is 0 Å². The highest BCUT2D eigenvalue weighted by molar-refractivity contribution is 6.07. The van der Waals surface area contributed by atoms with Crippen molar-refractivity contribution >= 4 is 23.2 Å². The number of ether oxygens (including phenoxy) is 4. The van der Waals surface area contributed by atoms with Gasteiger partial charge in [-0.25, -0.2) is 0 Å². The Bertz CT molecular complexity index is 866. The monoisotopic (exact) mass is 388 g/mol. The van der Waals surface area contributed by atoms with E-state index in [4.69, 9.17) is 18.9 Å². The fraction of sp³-hybridized carbons (Fsp3) is 0.300. The van der Waals surface area contributed by atoms with E-state index in [-0.39, 0.29) is 18.4 Å². The van der Waals surface area contributed by atoms with Crippen LogP contribution in [0, 0.1) is 6.92 Å². The van der Waals surface area contributed by atoms with E-state index >= 15 is 0 Å². The first kappa shape index (κ1) is 21.0. The molecule has 0 aromatic heterocycles. The van der Waals surface area contributed by atoms with E-state index in [0.717, 1.165) is 5.56 Å². The van der Waals surface area contributed by atoms with Gasteiger partial charge in [-0.15, -0.1) is 0 Å².